The van der Waals surface area contributed by atoms with Gasteiger partial charge in [0, 0.05) is 11.3 Å². The van der Waals surface area contributed by atoms with E-state index in [2.05, 4.69) is 15.8 Å². The molecule has 2 N–H and O–H groups in total. The number of nitrogens with zero attached hydrogens (tertiary/aromatic N) is 1. The molecule has 2 rings (SSSR count). The molecule has 2 aromatic carbocycles. The van der Waals surface area contributed by atoms with Gasteiger partial charge in [0.25, 0.3) is 5.91 Å². The molecule has 0 aliphatic heterocycles. The summed E-state index contributed by atoms with van der Waals surface area (Å²) in [6, 6.07) is 14.8. The van der Waals surface area contributed by atoms with E-state index >= 15 is 0 Å². The summed E-state index contributed by atoms with van der Waals surface area (Å²) in [5.41, 5.74) is 4.12. The fourth-order valence-corrected chi connectivity index (χ4v) is 1.98. The molecule has 0 unspecified atom stereocenters. The van der Waals surface area contributed by atoms with Crippen molar-refractivity contribution in [1.82, 2.24) is 5.43 Å². The average Bonchev–Trinajstić information content (AvgIpc) is 2.62. The molecule has 0 atom stereocenters. The lowest BCUT2D eigenvalue weighted by Gasteiger charge is -2.07. The molecule has 0 heterocycles. The SMILES string of the molecule is CCOc1ccccc1/C=N/NC(=O)CNc1ccc(OC)cc1. The van der Waals surface area contributed by atoms with Crippen LogP contribution >= 0.6 is 0 Å². The maximum Gasteiger partial charge on any atom is 0.259 e. The van der Waals surface area contributed by atoms with Crippen LogP contribution in [0.15, 0.2) is 53.6 Å². The number of nitrogens with one attached hydrogen (secondary N) is 2. The number of hydrogen-bond acceptors (Lipinski definition) is 5. The Kier molecular flexibility index (Phi) is 6.64. The van der Waals surface area contributed by atoms with Gasteiger partial charge in [-0.05, 0) is 43.3 Å². The predicted octanol–water partition coefficient (Wildman–Crippen LogP) is 2.66. The van der Waals surface area contributed by atoms with Crippen molar-refractivity contribution < 1.29 is 14.3 Å². The van der Waals surface area contributed by atoms with Gasteiger partial charge < -0.3 is 14.8 Å². The van der Waals surface area contributed by atoms with E-state index in [1.54, 1.807) is 13.3 Å². The summed E-state index contributed by atoms with van der Waals surface area (Å²) in [6.45, 7) is 2.61. The Morgan fingerprint density at radius 2 is 1.92 bits per heavy atom. The van der Waals surface area contributed by atoms with Crippen molar-refractivity contribution in [2.75, 3.05) is 25.6 Å². The molecule has 6 heteroatoms. The largest absolute Gasteiger partial charge is 0.497 e. The molecular formula is C18H21N3O3. The molecule has 0 fully saturated rings. The number of hydrazone groups is 1. The molecule has 0 aromatic heterocycles. The molecule has 0 saturated heterocycles. The maximum absolute atomic E-state index is 11.8. The van der Waals surface area contributed by atoms with E-state index in [0.717, 1.165) is 22.7 Å². The van der Waals surface area contributed by atoms with Gasteiger partial charge in [-0.2, -0.15) is 5.10 Å². The van der Waals surface area contributed by atoms with Crippen molar-refractivity contribution in [2.45, 2.75) is 6.92 Å². The van der Waals surface area contributed by atoms with Gasteiger partial charge in [-0.15, -0.1) is 0 Å². The van der Waals surface area contributed by atoms with Gasteiger partial charge in [-0.3, -0.25) is 4.79 Å². The van der Waals surface area contributed by atoms with Crippen molar-refractivity contribution in [3.8, 4) is 11.5 Å². The van der Waals surface area contributed by atoms with E-state index in [4.69, 9.17) is 9.47 Å². The van der Waals surface area contributed by atoms with Crippen molar-refractivity contribution in [1.29, 1.82) is 0 Å². The minimum absolute atomic E-state index is 0.122. The molecule has 2 aromatic rings. The Bertz CT molecular complexity index is 684. The van der Waals surface area contributed by atoms with Crippen molar-refractivity contribution in [3.63, 3.8) is 0 Å². The van der Waals surface area contributed by atoms with Crippen LogP contribution in [0.25, 0.3) is 0 Å². The van der Waals surface area contributed by atoms with Crippen LogP contribution in [0.3, 0.4) is 0 Å². The second-order valence-corrected chi connectivity index (χ2v) is 4.85. The van der Waals surface area contributed by atoms with E-state index in [0.29, 0.717) is 6.61 Å². The molecule has 126 valence electrons. The zero-order valence-corrected chi connectivity index (χ0v) is 13.8. The molecule has 0 saturated carbocycles. The number of ether oxygens (including phenoxy) is 2. The zero-order chi connectivity index (χ0) is 17.2. The Balaban J connectivity index is 1.82. The highest BCUT2D eigenvalue weighted by Gasteiger charge is 2.01. The van der Waals surface area contributed by atoms with Crippen LogP contribution in [0.4, 0.5) is 5.69 Å². The van der Waals surface area contributed by atoms with Crippen LogP contribution in [0, 0.1) is 0 Å². The van der Waals surface area contributed by atoms with Gasteiger partial charge in [0.15, 0.2) is 0 Å². The van der Waals surface area contributed by atoms with Crippen LogP contribution in [0.2, 0.25) is 0 Å². The van der Waals surface area contributed by atoms with Gasteiger partial charge >= 0.3 is 0 Å². The lowest BCUT2D eigenvalue weighted by Crippen LogP contribution is -2.25. The van der Waals surface area contributed by atoms with E-state index < -0.39 is 0 Å². The number of amides is 1. The molecule has 0 bridgehead atoms. The van der Waals surface area contributed by atoms with Crippen molar-refractivity contribution in [2.24, 2.45) is 5.10 Å². The number of benzene rings is 2. The first-order chi connectivity index (χ1) is 11.7. The van der Waals surface area contributed by atoms with Crippen molar-refractivity contribution >= 4 is 17.8 Å². The Morgan fingerprint density at radius 1 is 1.17 bits per heavy atom. The Hall–Kier alpha value is -3.02. The van der Waals surface area contributed by atoms with E-state index in [1.165, 1.54) is 0 Å². The number of methoxy groups -OCH3 is 1. The molecule has 0 spiro atoms. The first-order valence-electron chi connectivity index (χ1n) is 7.64. The second kappa shape index (κ2) is 9.19. The summed E-state index contributed by atoms with van der Waals surface area (Å²) >= 11 is 0. The first-order valence-corrected chi connectivity index (χ1v) is 7.64. The van der Waals surface area contributed by atoms with Gasteiger partial charge in [-0.1, -0.05) is 12.1 Å². The highest BCUT2D eigenvalue weighted by atomic mass is 16.5. The van der Waals surface area contributed by atoms with E-state index in [1.807, 2.05) is 55.5 Å². The quantitative estimate of drug-likeness (QED) is 0.577. The smallest absolute Gasteiger partial charge is 0.259 e. The number of carbonyl (C=O) groups is 1. The van der Waals surface area contributed by atoms with E-state index in [9.17, 15) is 4.79 Å². The predicted molar refractivity (Wildman–Crippen MR) is 94.8 cm³/mol. The number of para-hydroxylation sites is 1. The van der Waals surface area contributed by atoms with Crippen LogP contribution in [0.1, 0.15) is 12.5 Å². The fourth-order valence-electron chi connectivity index (χ4n) is 1.98. The Labute approximate surface area is 141 Å². The zero-order valence-electron chi connectivity index (χ0n) is 13.8. The third-order valence-electron chi connectivity index (χ3n) is 3.15. The lowest BCUT2D eigenvalue weighted by atomic mass is 10.2. The lowest BCUT2D eigenvalue weighted by molar-refractivity contribution is -0.119. The summed E-state index contributed by atoms with van der Waals surface area (Å²) in [4.78, 5) is 11.8. The minimum atomic E-state index is -0.240. The number of anilines is 1. The fraction of sp³-hybridized carbons (Fsp3) is 0.222. The second-order valence-electron chi connectivity index (χ2n) is 4.85. The third kappa shape index (κ3) is 5.31. The molecular weight excluding hydrogens is 306 g/mol. The number of hydrogen-bond donors (Lipinski definition) is 2. The Morgan fingerprint density at radius 3 is 2.62 bits per heavy atom. The average molecular weight is 327 g/mol. The van der Waals surface area contributed by atoms with Crippen LogP contribution in [-0.4, -0.2) is 32.4 Å². The normalized spacial score (nSPS) is 10.4. The van der Waals surface area contributed by atoms with Crippen LogP contribution in [0.5, 0.6) is 11.5 Å². The summed E-state index contributed by atoms with van der Waals surface area (Å²) < 4.78 is 10.6. The van der Waals surface area contributed by atoms with Gasteiger partial charge in [-0.25, -0.2) is 5.43 Å². The summed E-state index contributed by atoms with van der Waals surface area (Å²) in [6.07, 6.45) is 1.57. The van der Waals surface area contributed by atoms with Gasteiger partial charge in [0.2, 0.25) is 0 Å². The monoisotopic (exact) mass is 327 g/mol. The molecule has 6 nitrogen and oxygen atoms in total. The molecule has 24 heavy (non-hydrogen) atoms. The molecule has 0 aliphatic rings. The standard InChI is InChI=1S/C18H21N3O3/c1-3-24-17-7-5-4-6-14(17)12-20-21-18(22)13-19-15-8-10-16(23-2)11-9-15/h4-12,19H,3,13H2,1-2H3,(H,21,22)/b20-12+. The number of carbonyl (C=O) groups excluding carboxylic acids is 1. The summed E-state index contributed by atoms with van der Waals surface area (Å²) in [5.74, 6) is 1.26. The van der Waals surface area contributed by atoms with Crippen molar-refractivity contribution in [3.05, 3.63) is 54.1 Å². The topological polar surface area (TPSA) is 72.0 Å². The van der Waals surface area contributed by atoms with Gasteiger partial charge in [0.1, 0.15) is 11.5 Å². The first kappa shape index (κ1) is 17.3. The van der Waals surface area contributed by atoms with E-state index in [-0.39, 0.29) is 12.5 Å². The summed E-state index contributed by atoms with van der Waals surface area (Å²) in [5, 5.41) is 6.97. The highest BCUT2D eigenvalue weighted by Crippen LogP contribution is 2.15. The van der Waals surface area contributed by atoms with Crippen LogP contribution in [-0.2, 0) is 4.79 Å². The highest BCUT2D eigenvalue weighted by molar-refractivity contribution is 5.86. The minimum Gasteiger partial charge on any atom is -0.497 e. The molecule has 1 amide bonds. The molecule has 0 aliphatic carbocycles. The summed E-state index contributed by atoms with van der Waals surface area (Å²) in [7, 11) is 1.61. The third-order valence-corrected chi connectivity index (χ3v) is 3.15. The molecule has 0 radical (unpaired) electrons. The maximum atomic E-state index is 11.8. The van der Waals surface area contributed by atoms with Gasteiger partial charge in [0.05, 0.1) is 26.5 Å². The van der Waals surface area contributed by atoms with Crippen LogP contribution < -0.4 is 20.2 Å². The number of rotatable bonds is 8.